The van der Waals surface area contributed by atoms with Gasteiger partial charge in [0, 0.05) is 30.0 Å². The molecule has 29 heavy (non-hydrogen) atoms. The number of nitrogens with one attached hydrogen (secondary N) is 3. The first-order valence-corrected chi connectivity index (χ1v) is 10.7. The highest BCUT2D eigenvalue weighted by Crippen LogP contribution is 2.18. The average Bonchev–Trinajstić information content (AvgIpc) is 2.70. The Morgan fingerprint density at radius 2 is 1.38 bits per heavy atom. The molecule has 0 bridgehead atoms. The largest absolute Gasteiger partial charge is 0.356 e. The van der Waals surface area contributed by atoms with E-state index in [9.17, 15) is 13.2 Å². The molecule has 0 aliphatic heterocycles. The highest BCUT2D eigenvalue weighted by molar-refractivity contribution is 7.89. The second kappa shape index (κ2) is 9.36. The molecule has 3 aromatic carbocycles. The summed E-state index contributed by atoms with van der Waals surface area (Å²) in [6, 6.07) is 23.6. The molecule has 0 saturated carbocycles. The van der Waals surface area contributed by atoms with Crippen LogP contribution in [0.2, 0.25) is 0 Å². The van der Waals surface area contributed by atoms with Gasteiger partial charge in [-0.3, -0.25) is 4.79 Å². The Labute approximate surface area is 171 Å². The normalized spacial score (nSPS) is 11.1. The predicted octanol–water partition coefficient (Wildman–Crippen LogP) is 4.05. The molecular weight excluding hydrogens is 386 g/mol. The zero-order chi connectivity index (χ0) is 20.7. The van der Waals surface area contributed by atoms with E-state index in [1.807, 2.05) is 49.4 Å². The SMILES string of the molecule is Cc1ccc(S(=O)(=O)NCCC(=O)Nc2ccc(Nc3ccccc3)cc2)cc1. The van der Waals surface area contributed by atoms with Crippen LogP contribution in [0.4, 0.5) is 17.1 Å². The van der Waals surface area contributed by atoms with E-state index in [0.29, 0.717) is 5.69 Å². The Balaban J connectivity index is 1.47. The number of carbonyl (C=O) groups excluding carboxylic acids is 1. The van der Waals surface area contributed by atoms with Crippen LogP contribution in [-0.4, -0.2) is 20.9 Å². The molecule has 3 rings (SSSR count). The maximum absolute atomic E-state index is 12.2. The maximum atomic E-state index is 12.2. The number of anilines is 3. The highest BCUT2D eigenvalue weighted by atomic mass is 32.2. The highest BCUT2D eigenvalue weighted by Gasteiger charge is 2.13. The van der Waals surface area contributed by atoms with Crippen LogP contribution < -0.4 is 15.4 Å². The fourth-order valence-electron chi connectivity index (χ4n) is 2.65. The van der Waals surface area contributed by atoms with E-state index in [2.05, 4.69) is 15.4 Å². The van der Waals surface area contributed by atoms with Crippen molar-refractivity contribution in [2.24, 2.45) is 0 Å². The first-order chi connectivity index (χ1) is 13.9. The Bertz CT molecular complexity index is 1050. The summed E-state index contributed by atoms with van der Waals surface area (Å²) in [6.45, 7) is 1.91. The Morgan fingerprint density at radius 1 is 0.793 bits per heavy atom. The van der Waals surface area contributed by atoms with E-state index < -0.39 is 10.0 Å². The summed E-state index contributed by atoms with van der Waals surface area (Å²) in [4.78, 5) is 12.3. The number of benzene rings is 3. The summed E-state index contributed by atoms with van der Waals surface area (Å²) in [5, 5.41) is 6.03. The van der Waals surface area contributed by atoms with Crippen molar-refractivity contribution in [3.05, 3.63) is 84.4 Å². The molecule has 0 saturated heterocycles. The van der Waals surface area contributed by atoms with Crippen molar-refractivity contribution >= 4 is 33.0 Å². The molecule has 0 fully saturated rings. The van der Waals surface area contributed by atoms with Gasteiger partial charge in [0.25, 0.3) is 0 Å². The van der Waals surface area contributed by atoms with E-state index in [1.54, 1.807) is 36.4 Å². The standard InChI is InChI=1S/C22H23N3O3S/c1-17-7-13-21(14-8-17)29(27,28)23-16-15-22(26)25-20-11-9-19(10-12-20)24-18-5-3-2-4-6-18/h2-14,23-24H,15-16H2,1H3,(H,25,26). The Morgan fingerprint density at radius 3 is 2.03 bits per heavy atom. The minimum Gasteiger partial charge on any atom is -0.356 e. The topological polar surface area (TPSA) is 87.3 Å². The van der Waals surface area contributed by atoms with Crippen molar-refractivity contribution in [3.63, 3.8) is 0 Å². The molecule has 1 amide bonds. The molecule has 0 aromatic heterocycles. The van der Waals surface area contributed by atoms with Crippen molar-refractivity contribution in [3.8, 4) is 0 Å². The van der Waals surface area contributed by atoms with E-state index in [1.165, 1.54) is 0 Å². The van der Waals surface area contributed by atoms with Crippen molar-refractivity contribution in [1.29, 1.82) is 0 Å². The van der Waals surface area contributed by atoms with Gasteiger partial charge in [0.1, 0.15) is 0 Å². The van der Waals surface area contributed by atoms with Crippen LogP contribution in [0, 0.1) is 6.92 Å². The van der Waals surface area contributed by atoms with Crippen LogP contribution >= 0.6 is 0 Å². The smallest absolute Gasteiger partial charge is 0.240 e. The summed E-state index contributed by atoms with van der Waals surface area (Å²) >= 11 is 0. The third kappa shape index (κ3) is 6.17. The number of sulfonamides is 1. The van der Waals surface area contributed by atoms with Crippen molar-refractivity contribution in [2.75, 3.05) is 17.2 Å². The number of para-hydroxylation sites is 1. The van der Waals surface area contributed by atoms with E-state index in [-0.39, 0.29) is 23.8 Å². The number of hydrogen-bond acceptors (Lipinski definition) is 4. The molecule has 150 valence electrons. The lowest BCUT2D eigenvalue weighted by molar-refractivity contribution is -0.116. The molecule has 6 nitrogen and oxygen atoms in total. The number of amides is 1. The van der Waals surface area contributed by atoms with Crippen molar-refractivity contribution in [2.45, 2.75) is 18.2 Å². The third-order valence-corrected chi connectivity index (χ3v) is 5.68. The quantitative estimate of drug-likeness (QED) is 0.524. The molecule has 0 heterocycles. The number of aryl methyl sites for hydroxylation is 1. The van der Waals surface area contributed by atoms with Gasteiger partial charge in [-0.1, -0.05) is 35.9 Å². The molecule has 0 spiro atoms. The molecule has 0 unspecified atom stereocenters. The van der Waals surface area contributed by atoms with E-state index in [4.69, 9.17) is 0 Å². The summed E-state index contributed by atoms with van der Waals surface area (Å²) < 4.78 is 26.9. The Hall–Kier alpha value is -3.16. The second-order valence-electron chi connectivity index (χ2n) is 6.58. The average molecular weight is 410 g/mol. The number of hydrogen-bond donors (Lipinski definition) is 3. The maximum Gasteiger partial charge on any atom is 0.240 e. The van der Waals surface area contributed by atoms with Gasteiger partial charge < -0.3 is 10.6 Å². The van der Waals surface area contributed by atoms with E-state index in [0.717, 1.165) is 16.9 Å². The fourth-order valence-corrected chi connectivity index (χ4v) is 3.68. The van der Waals surface area contributed by atoms with Crippen LogP contribution in [0.15, 0.2) is 83.8 Å². The van der Waals surface area contributed by atoms with Crippen LogP contribution in [0.5, 0.6) is 0 Å². The summed E-state index contributed by atoms with van der Waals surface area (Å²) in [5.74, 6) is -0.264. The molecule has 0 aliphatic carbocycles. The first-order valence-electron chi connectivity index (χ1n) is 9.21. The van der Waals surface area contributed by atoms with Gasteiger partial charge in [-0.2, -0.15) is 0 Å². The third-order valence-electron chi connectivity index (χ3n) is 4.21. The lowest BCUT2D eigenvalue weighted by Gasteiger charge is -2.09. The summed E-state index contributed by atoms with van der Waals surface area (Å²) in [7, 11) is -3.62. The van der Waals surface area contributed by atoms with Crippen LogP contribution in [0.25, 0.3) is 0 Å². The summed E-state index contributed by atoms with van der Waals surface area (Å²) in [6.07, 6.45) is 0.0368. The molecule has 3 aromatic rings. The van der Waals surface area contributed by atoms with E-state index >= 15 is 0 Å². The van der Waals surface area contributed by atoms with Crippen LogP contribution in [0.1, 0.15) is 12.0 Å². The minimum atomic E-state index is -3.62. The molecule has 3 N–H and O–H groups in total. The van der Waals surface area contributed by atoms with Crippen molar-refractivity contribution < 1.29 is 13.2 Å². The summed E-state index contributed by atoms with van der Waals surface area (Å²) in [5.41, 5.74) is 3.51. The lowest BCUT2D eigenvalue weighted by Crippen LogP contribution is -2.27. The minimum absolute atomic E-state index is 0.0235. The fraction of sp³-hybridized carbons (Fsp3) is 0.136. The molecule has 7 heteroatoms. The molecule has 0 atom stereocenters. The molecule has 0 radical (unpaired) electrons. The van der Waals surface area contributed by atoms with Crippen molar-refractivity contribution in [1.82, 2.24) is 4.72 Å². The van der Waals surface area contributed by atoms with Gasteiger partial charge in [0.2, 0.25) is 15.9 Å². The van der Waals surface area contributed by atoms with Gasteiger partial charge in [0.05, 0.1) is 4.90 Å². The Kier molecular flexibility index (Phi) is 6.64. The van der Waals surface area contributed by atoms with Gasteiger partial charge in [-0.25, -0.2) is 13.1 Å². The monoisotopic (exact) mass is 409 g/mol. The molecular formula is C22H23N3O3S. The van der Waals surface area contributed by atoms with Gasteiger partial charge in [0.15, 0.2) is 0 Å². The first kappa shape index (κ1) is 20.6. The van der Waals surface area contributed by atoms with Crippen LogP contribution in [0.3, 0.4) is 0 Å². The van der Waals surface area contributed by atoms with Crippen LogP contribution in [-0.2, 0) is 14.8 Å². The predicted molar refractivity (Wildman–Crippen MR) is 116 cm³/mol. The molecule has 0 aliphatic rings. The zero-order valence-corrected chi connectivity index (χ0v) is 16.9. The number of rotatable bonds is 8. The van der Waals surface area contributed by atoms with Gasteiger partial charge in [-0.15, -0.1) is 0 Å². The van der Waals surface area contributed by atoms with Gasteiger partial charge >= 0.3 is 0 Å². The van der Waals surface area contributed by atoms with Gasteiger partial charge in [-0.05, 0) is 55.5 Å². The zero-order valence-electron chi connectivity index (χ0n) is 16.1. The second-order valence-corrected chi connectivity index (χ2v) is 8.34. The number of carbonyl (C=O) groups is 1. The lowest BCUT2D eigenvalue weighted by atomic mass is 10.2.